The summed E-state index contributed by atoms with van der Waals surface area (Å²) < 4.78 is 20.2. The first-order chi connectivity index (χ1) is 10.3. The fraction of sp³-hybridized carbons (Fsp3) is 0.562. The molecule has 1 aromatic heterocycles. The number of nitrogens with one attached hydrogen (secondary N) is 2. The third kappa shape index (κ3) is 1.77. The van der Waals surface area contributed by atoms with E-state index in [-0.39, 0.29) is 5.82 Å². The SMILES string of the molecule is COC1(c2cc(F)cc3[nH]ncc23)C2CCCC1CNC2. The van der Waals surface area contributed by atoms with Gasteiger partial charge in [-0.05, 0) is 30.5 Å². The van der Waals surface area contributed by atoms with E-state index in [1.807, 2.05) is 0 Å². The van der Waals surface area contributed by atoms with E-state index in [0.29, 0.717) is 11.8 Å². The molecule has 2 heterocycles. The standard InChI is InChI=1S/C16H20FN3O/c1-21-16(10-3-2-4-11(16)8-18-7-10)14-5-12(17)6-15-13(14)9-19-20-15/h5-6,9-11,18H,2-4,7-8H2,1H3,(H,19,20). The molecule has 2 aliphatic rings. The predicted octanol–water partition coefficient (Wildman–Crippen LogP) is 2.56. The molecule has 1 saturated heterocycles. The molecule has 21 heavy (non-hydrogen) atoms. The van der Waals surface area contributed by atoms with E-state index in [0.717, 1.165) is 42.4 Å². The lowest BCUT2D eigenvalue weighted by Gasteiger charge is -2.52. The van der Waals surface area contributed by atoms with Crippen LogP contribution in [0.2, 0.25) is 0 Å². The number of benzene rings is 1. The van der Waals surface area contributed by atoms with Crippen molar-refractivity contribution in [3.63, 3.8) is 0 Å². The summed E-state index contributed by atoms with van der Waals surface area (Å²) in [5, 5.41) is 11.5. The van der Waals surface area contributed by atoms with Crippen LogP contribution in [0.3, 0.4) is 0 Å². The van der Waals surface area contributed by atoms with Crippen molar-refractivity contribution < 1.29 is 9.13 Å². The molecule has 0 spiro atoms. The normalized spacial score (nSPS) is 32.5. The summed E-state index contributed by atoms with van der Waals surface area (Å²) in [7, 11) is 1.77. The van der Waals surface area contributed by atoms with Crippen molar-refractivity contribution >= 4 is 10.9 Å². The van der Waals surface area contributed by atoms with E-state index >= 15 is 0 Å². The quantitative estimate of drug-likeness (QED) is 0.893. The molecule has 2 fully saturated rings. The van der Waals surface area contributed by atoms with E-state index < -0.39 is 5.60 Å². The topological polar surface area (TPSA) is 49.9 Å². The molecule has 2 bridgehead atoms. The third-order valence-corrected chi connectivity index (χ3v) is 5.38. The lowest BCUT2D eigenvalue weighted by molar-refractivity contribution is -0.143. The molecule has 2 N–H and O–H groups in total. The second kappa shape index (κ2) is 4.78. The Morgan fingerprint density at radius 1 is 1.29 bits per heavy atom. The smallest absolute Gasteiger partial charge is 0.125 e. The predicted molar refractivity (Wildman–Crippen MR) is 78.4 cm³/mol. The van der Waals surface area contributed by atoms with Crippen molar-refractivity contribution in [2.24, 2.45) is 11.8 Å². The number of halogens is 1. The molecular weight excluding hydrogens is 269 g/mol. The molecule has 1 saturated carbocycles. The Balaban J connectivity index is 1.97. The Morgan fingerprint density at radius 3 is 2.76 bits per heavy atom. The number of H-pyrrole nitrogens is 1. The van der Waals surface area contributed by atoms with Crippen molar-refractivity contribution in [3.05, 3.63) is 29.7 Å². The monoisotopic (exact) mass is 289 g/mol. The van der Waals surface area contributed by atoms with E-state index in [1.54, 1.807) is 19.4 Å². The van der Waals surface area contributed by atoms with Gasteiger partial charge in [-0.25, -0.2) is 4.39 Å². The first kappa shape index (κ1) is 13.2. The van der Waals surface area contributed by atoms with Crippen LogP contribution < -0.4 is 5.32 Å². The minimum Gasteiger partial charge on any atom is -0.373 e. The van der Waals surface area contributed by atoms with Crippen molar-refractivity contribution in [1.82, 2.24) is 15.5 Å². The lowest BCUT2D eigenvalue weighted by Crippen LogP contribution is -2.57. The first-order valence-electron chi connectivity index (χ1n) is 7.64. The van der Waals surface area contributed by atoms with Gasteiger partial charge in [0.25, 0.3) is 0 Å². The number of aromatic amines is 1. The highest BCUT2D eigenvalue weighted by molar-refractivity contribution is 5.83. The molecule has 4 nitrogen and oxygen atoms in total. The molecule has 5 heteroatoms. The molecule has 0 radical (unpaired) electrons. The van der Waals surface area contributed by atoms with Gasteiger partial charge in [0.05, 0.1) is 11.7 Å². The zero-order valence-electron chi connectivity index (χ0n) is 12.2. The van der Waals surface area contributed by atoms with Gasteiger partial charge in [-0.15, -0.1) is 0 Å². The molecule has 1 aliphatic heterocycles. The molecule has 1 aliphatic carbocycles. The lowest BCUT2D eigenvalue weighted by atomic mass is 9.62. The summed E-state index contributed by atoms with van der Waals surface area (Å²) >= 11 is 0. The molecule has 0 amide bonds. The first-order valence-corrected chi connectivity index (χ1v) is 7.64. The second-order valence-electron chi connectivity index (χ2n) is 6.26. The van der Waals surface area contributed by atoms with Gasteiger partial charge in [-0.1, -0.05) is 6.42 Å². The van der Waals surface area contributed by atoms with Crippen LogP contribution in [0.25, 0.3) is 10.9 Å². The second-order valence-corrected chi connectivity index (χ2v) is 6.26. The summed E-state index contributed by atoms with van der Waals surface area (Å²) in [4.78, 5) is 0. The highest BCUT2D eigenvalue weighted by Crippen LogP contribution is 2.51. The highest BCUT2D eigenvalue weighted by Gasteiger charge is 2.52. The van der Waals surface area contributed by atoms with Crippen molar-refractivity contribution in [2.75, 3.05) is 20.2 Å². The Bertz CT molecular complexity index is 647. The van der Waals surface area contributed by atoms with Crippen LogP contribution in [0, 0.1) is 17.7 Å². The van der Waals surface area contributed by atoms with Crippen LogP contribution >= 0.6 is 0 Å². The third-order valence-electron chi connectivity index (χ3n) is 5.38. The highest BCUT2D eigenvalue weighted by atomic mass is 19.1. The van der Waals surface area contributed by atoms with Crippen LogP contribution in [-0.2, 0) is 10.3 Å². The molecule has 2 atom stereocenters. The number of aromatic nitrogens is 2. The minimum absolute atomic E-state index is 0.227. The van der Waals surface area contributed by atoms with E-state index in [2.05, 4.69) is 15.5 Å². The van der Waals surface area contributed by atoms with Crippen LogP contribution in [-0.4, -0.2) is 30.4 Å². The number of fused-ring (bicyclic) bond motifs is 3. The van der Waals surface area contributed by atoms with Crippen LogP contribution in [0.15, 0.2) is 18.3 Å². The van der Waals surface area contributed by atoms with Crippen molar-refractivity contribution in [1.29, 1.82) is 0 Å². The van der Waals surface area contributed by atoms with Crippen LogP contribution in [0.5, 0.6) is 0 Å². The Morgan fingerprint density at radius 2 is 2.05 bits per heavy atom. The number of hydrogen-bond donors (Lipinski definition) is 2. The number of methoxy groups -OCH3 is 1. The average Bonchev–Trinajstić information content (AvgIpc) is 2.93. The number of rotatable bonds is 2. The van der Waals surface area contributed by atoms with Crippen molar-refractivity contribution in [2.45, 2.75) is 24.9 Å². The summed E-state index contributed by atoms with van der Waals surface area (Å²) in [6.07, 6.45) is 5.26. The fourth-order valence-corrected chi connectivity index (χ4v) is 4.53. The van der Waals surface area contributed by atoms with Crippen LogP contribution in [0.1, 0.15) is 24.8 Å². The molecule has 112 valence electrons. The molecule has 1 aromatic carbocycles. The van der Waals surface area contributed by atoms with Gasteiger partial charge in [0.1, 0.15) is 11.4 Å². The Labute approximate surface area is 123 Å². The summed E-state index contributed by atoms with van der Waals surface area (Å²) in [6, 6.07) is 3.16. The van der Waals surface area contributed by atoms with Gasteiger partial charge in [-0.2, -0.15) is 5.10 Å². The Kier molecular flexibility index (Phi) is 3.01. The van der Waals surface area contributed by atoms with Gasteiger partial charge in [0.2, 0.25) is 0 Å². The maximum atomic E-state index is 14.1. The summed E-state index contributed by atoms with van der Waals surface area (Å²) in [6.45, 7) is 1.86. The van der Waals surface area contributed by atoms with Crippen molar-refractivity contribution in [3.8, 4) is 0 Å². The van der Waals surface area contributed by atoms with Gasteiger partial charge in [-0.3, -0.25) is 5.10 Å². The molecular formula is C16H20FN3O. The van der Waals surface area contributed by atoms with E-state index in [1.165, 1.54) is 12.5 Å². The molecule has 2 aromatic rings. The minimum atomic E-state index is -0.395. The van der Waals surface area contributed by atoms with Gasteiger partial charge >= 0.3 is 0 Å². The maximum Gasteiger partial charge on any atom is 0.125 e. The zero-order valence-corrected chi connectivity index (χ0v) is 12.2. The number of hydrogen-bond acceptors (Lipinski definition) is 3. The van der Waals surface area contributed by atoms with Gasteiger partial charge in [0, 0.05) is 37.4 Å². The molecule has 2 unspecified atom stereocenters. The average molecular weight is 289 g/mol. The molecule has 4 rings (SSSR count). The number of nitrogens with zero attached hydrogens (tertiary/aromatic N) is 1. The van der Waals surface area contributed by atoms with E-state index in [4.69, 9.17) is 4.74 Å². The maximum absolute atomic E-state index is 14.1. The van der Waals surface area contributed by atoms with Gasteiger partial charge in [0.15, 0.2) is 0 Å². The largest absolute Gasteiger partial charge is 0.373 e. The zero-order chi connectivity index (χ0) is 14.4. The number of piperidine rings is 1. The Hall–Kier alpha value is -1.46. The number of ether oxygens (including phenoxy) is 1. The summed E-state index contributed by atoms with van der Waals surface area (Å²) in [5.74, 6) is 0.541. The van der Waals surface area contributed by atoms with Crippen LogP contribution in [0.4, 0.5) is 4.39 Å². The fourth-order valence-electron chi connectivity index (χ4n) is 4.53. The van der Waals surface area contributed by atoms with Gasteiger partial charge < -0.3 is 10.1 Å². The van der Waals surface area contributed by atoms with E-state index in [9.17, 15) is 4.39 Å². The summed E-state index contributed by atoms with van der Waals surface area (Å²) in [5.41, 5.74) is 1.32.